The summed E-state index contributed by atoms with van der Waals surface area (Å²) in [5.41, 5.74) is 8.70. The van der Waals surface area contributed by atoms with E-state index in [9.17, 15) is 9.59 Å². The minimum atomic E-state index is -0.547. The number of para-hydroxylation sites is 1. The van der Waals surface area contributed by atoms with Gasteiger partial charge in [-0.2, -0.15) is 0 Å². The summed E-state index contributed by atoms with van der Waals surface area (Å²) in [6.07, 6.45) is 2.08. The highest BCUT2D eigenvalue weighted by molar-refractivity contribution is 5.99. The number of carbonyl (C=O) groups excluding carboxylic acids is 2. The minimum absolute atomic E-state index is 0.237. The first kappa shape index (κ1) is 13.8. The van der Waals surface area contributed by atoms with Gasteiger partial charge in [0.05, 0.1) is 11.4 Å². The number of hydrogen-bond donors (Lipinski definition) is 1. The van der Waals surface area contributed by atoms with Crippen LogP contribution in [0, 0.1) is 6.92 Å². The number of urea groups is 1. The Morgan fingerprint density at radius 2 is 1.80 bits per heavy atom. The van der Waals surface area contributed by atoms with E-state index in [0.29, 0.717) is 5.69 Å². The molecule has 0 saturated carbocycles. The Balaban J connectivity index is 2.41. The van der Waals surface area contributed by atoms with Crippen LogP contribution in [0.4, 0.5) is 16.2 Å². The number of hydrogen-bond acceptors (Lipinski definition) is 2. The second kappa shape index (κ2) is 6.02. The summed E-state index contributed by atoms with van der Waals surface area (Å²) in [5, 5.41) is 0. The van der Waals surface area contributed by atoms with Crippen molar-refractivity contribution in [1.82, 2.24) is 0 Å². The standard InChI is InChI=1S/C16H15N2O2/c1-12-4-2-3-5-15(12)18(16(17)20)14-8-6-13(7-9-14)10-11-19/h2-9H,10H2,1H3,(H2,17,20). The molecule has 4 heteroatoms. The molecule has 1 radical (unpaired) electrons. The summed E-state index contributed by atoms with van der Waals surface area (Å²) in [6, 6.07) is 14.1. The van der Waals surface area contributed by atoms with E-state index in [4.69, 9.17) is 5.73 Å². The zero-order valence-corrected chi connectivity index (χ0v) is 11.2. The molecule has 0 aliphatic carbocycles. The van der Waals surface area contributed by atoms with Crippen LogP contribution in [0.5, 0.6) is 0 Å². The van der Waals surface area contributed by atoms with Gasteiger partial charge in [-0.1, -0.05) is 30.3 Å². The Hall–Kier alpha value is -2.62. The number of aryl methyl sites for hydroxylation is 1. The van der Waals surface area contributed by atoms with E-state index in [2.05, 4.69) is 0 Å². The molecule has 0 aromatic heterocycles. The molecule has 0 spiro atoms. The Morgan fingerprint density at radius 1 is 1.15 bits per heavy atom. The van der Waals surface area contributed by atoms with E-state index in [-0.39, 0.29) is 6.42 Å². The smallest absolute Gasteiger partial charge is 0.323 e. The zero-order chi connectivity index (χ0) is 14.5. The quantitative estimate of drug-likeness (QED) is 0.925. The van der Waals surface area contributed by atoms with Crippen molar-refractivity contribution in [3.63, 3.8) is 0 Å². The lowest BCUT2D eigenvalue weighted by molar-refractivity contribution is 0.256. The summed E-state index contributed by atoms with van der Waals surface area (Å²) in [6.45, 7) is 1.92. The van der Waals surface area contributed by atoms with Gasteiger partial charge in [0.2, 0.25) is 6.29 Å². The Morgan fingerprint density at radius 3 is 2.35 bits per heavy atom. The number of anilines is 2. The normalized spacial score (nSPS) is 10.1. The molecular weight excluding hydrogens is 252 g/mol. The highest BCUT2D eigenvalue weighted by Crippen LogP contribution is 2.28. The maximum Gasteiger partial charge on any atom is 0.323 e. The van der Waals surface area contributed by atoms with Crippen LogP contribution in [-0.4, -0.2) is 12.3 Å². The SMILES string of the molecule is Cc1ccccc1N(C(N)=O)c1ccc(C[C]=O)cc1. The summed E-state index contributed by atoms with van der Waals surface area (Å²) in [4.78, 5) is 23.6. The van der Waals surface area contributed by atoms with Crippen LogP contribution >= 0.6 is 0 Å². The van der Waals surface area contributed by atoms with E-state index in [0.717, 1.165) is 16.8 Å². The molecule has 0 atom stereocenters. The number of nitrogens with zero attached hydrogens (tertiary/aromatic N) is 1. The summed E-state index contributed by atoms with van der Waals surface area (Å²) < 4.78 is 0. The molecule has 2 aromatic rings. The second-order valence-electron chi connectivity index (χ2n) is 4.45. The van der Waals surface area contributed by atoms with Gasteiger partial charge >= 0.3 is 6.03 Å². The fourth-order valence-electron chi connectivity index (χ4n) is 2.05. The van der Waals surface area contributed by atoms with Crippen molar-refractivity contribution in [3.05, 3.63) is 59.7 Å². The molecule has 2 rings (SSSR count). The minimum Gasteiger partial charge on any atom is -0.351 e. The Kier molecular flexibility index (Phi) is 4.15. The Labute approximate surface area is 117 Å². The fourth-order valence-corrected chi connectivity index (χ4v) is 2.05. The third kappa shape index (κ3) is 2.85. The van der Waals surface area contributed by atoms with Crippen molar-refractivity contribution in [2.45, 2.75) is 13.3 Å². The lowest BCUT2D eigenvalue weighted by Gasteiger charge is -2.22. The van der Waals surface area contributed by atoms with Crippen molar-refractivity contribution in [2.24, 2.45) is 5.73 Å². The number of nitrogens with two attached hydrogens (primary N) is 1. The number of carbonyl (C=O) groups is 1. The molecule has 0 unspecified atom stereocenters. The van der Waals surface area contributed by atoms with Gasteiger partial charge in [-0.15, -0.1) is 0 Å². The lowest BCUT2D eigenvalue weighted by Crippen LogP contribution is -2.31. The van der Waals surface area contributed by atoms with Crippen LogP contribution in [0.3, 0.4) is 0 Å². The van der Waals surface area contributed by atoms with Gasteiger partial charge in [0.25, 0.3) is 0 Å². The van der Waals surface area contributed by atoms with Gasteiger partial charge in [0, 0.05) is 6.42 Å². The molecule has 2 amide bonds. The molecule has 0 aliphatic rings. The number of rotatable bonds is 4. The number of primary amides is 1. The van der Waals surface area contributed by atoms with Gasteiger partial charge in [0.15, 0.2) is 0 Å². The molecule has 2 aromatic carbocycles. The first-order valence-electron chi connectivity index (χ1n) is 6.22. The molecule has 20 heavy (non-hydrogen) atoms. The van der Waals surface area contributed by atoms with Gasteiger partial charge < -0.3 is 5.73 Å². The first-order chi connectivity index (χ1) is 9.63. The monoisotopic (exact) mass is 267 g/mol. The number of amides is 2. The molecule has 4 nitrogen and oxygen atoms in total. The molecular formula is C16H15N2O2. The average Bonchev–Trinajstić information content (AvgIpc) is 2.43. The maximum absolute atomic E-state index is 11.7. The summed E-state index contributed by atoms with van der Waals surface area (Å²) >= 11 is 0. The maximum atomic E-state index is 11.7. The molecule has 0 saturated heterocycles. The molecule has 0 aliphatic heterocycles. The van der Waals surface area contributed by atoms with E-state index >= 15 is 0 Å². The molecule has 0 bridgehead atoms. The van der Waals surface area contributed by atoms with Crippen molar-refractivity contribution in [3.8, 4) is 0 Å². The molecule has 0 heterocycles. The van der Waals surface area contributed by atoms with Crippen LogP contribution < -0.4 is 10.6 Å². The zero-order valence-electron chi connectivity index (χ0n) is 11.2. The van der Waals surface area contributed by atoms with Crippen LogP contribution in [-0.2, 0) is 11.2 Å². The predicted molar refractivity (Wildman–Crippen MR) is 78.7 cm³/mol. The molecule has 0 fully saturated rings. The summed E-state index contributed by atoms with van der Waals surface area (Å²) in [7, 11) is 0. The van der Waals surface area contributed by atoms with Crippen LogP contribution in [0.2, 0.25) is 0 Å². The largest absolute Gasteiger partial charge is 0.351 e. The van der Waals surface area contributed by atoms with Gasteiger partial charge in [-0.3, -0.25) is 9.69 Å². The van der Waals surface area contributed by atoms with E-state index in [1.165, 1.54) is 4.90 Å². The predicted octanol–water partition coefficient (Wildman–Crippen LogP) is 2.86. The van der Waals surface area contributed by atoms with Crippen molar-refractivity contribution in [1.29, 1.82) is 0 Å². The second-order valence-corrected chi connectivity index (χ2v) is 4.45. The number of benzene rings is 2. The highest BCUT2D eigenvalue weighted by Gasteiger charge is 2.16. The van der Waals surface area contributed by atoms with Crippen LogP contribution in [0.1, 0.15) is 11.1 Å². The van der Waals surface area contributed by atoms with Crippen molar-refractivity contribution < 1.29 is 9.59 Å². The fraction of sp³-hybridized carbons (Fsp3) is 0.125. The van der Waals surface area contributed by atoms with Gasteiger partial charge in [-0.05, 0) is 36.2 Å². The summed E-state index contributed by atoms with van der Waals surface area (Å²) in [5.74, 6) is 0. The molecule has 101 valence electrons. The van der Waals surface area contributed by atoms with Crippen LogP contribution in [0.25, 0.3) is 0 Å². The average molecular weight is 267 g/mol. The van der Waals surface area contributed by atoms with Crippen LogP contribution in [0.15, 0.2) is 48.5 Å². The van der Waals surface area contributed by atoms with E-state index in [1.807, 2.05) is 37.5 Å². The van der Waals surface area contributed by atoms with Crippen molar-refractivity contribution >= 4 is 23.7 Å². The Bertz CT molecular complexity index is 621. The third-order valence-electron chi connectivity index (χ3n) is 3.05. The van der Waals surface area contributed by atoms with Crippen molar-refractivity contribution in [2.75, 3.05) is 4.90 Å². The first-order valence-corrected chi connectivity index (χ1v) is 6.22. The van der Waals surface area contributed by atoms with Gasteiger partial charge in [-0.25, -0.2) is 4.79 Å². The highest BCUT2D eigenvalue weighted by atomic mass is 16.2. The molecule has 2 N–H and O–H groups in total. The van der Waals surface area contributed by atoms with Gasteiger partial charge in [0.1, 0.15) is 0 Å². The lowest BCUT2D eigenvalue weighted by atomic mass is 10.1. The topological polar surface area (TPSA) is 63.4 Å². The van der Waals surface area contributed by atoms with E-state index < -0.39 is 6.03 Å². The van der Waals surface area contributed by atoms with E-state index in [1.54, 1.807) is 24.3 Å². The third-order valence-corrected chi connectivity index (χ3v) is 3.05.